The quantitative estimate of drug-likeness (QED) is 0.848. The van der Waals surface area contributed by atoms with Crippen molar-refractivity contribution in [2.75, 3.05) is 13.7 Å². The van der Waals surface area contributed by atoms with Crippen LogP contribution in [0.15, 0.2) is 18.2 Å². The number of carbonyl (C=O) groups is 1. The second-order valence-electron chi connectivity index (χ2n) is 5.34. The molecule has 0 atom stereocenters. The van der Waals surface area contributed by atoms with Gasteiger partial charge in [0, 0.05) is 6.54 Å². The minimum Gasteiger partial charge on any atom is -0.492 e. The molecular formula is C14H18F3NO3. The van der Waals surface area contributed by atoms with Crippen molar-refractivity contribution in [1.29, 1.82) is 0 Å². The van der Waals surface area contributed by atoms with Crippen LogP contribution in [0.3, 0.4) is 0 Å². The van der Waals surface area contributed by atoms with Crippen molar-refractivity contribution >= 4 is 5.97 Å². The summed E-state index contributed by atoms with van der Waals surface area (Å²) in [7, 11) is 1.63. The van der Waals surface area contributed by atoms with Crippen molar-refractivity contribution < 1.29 is 27.8 Å². The number of nitrogens with one attached hydrogen (secondary N) is 1. The molecule has 0 aliphatic heterocycles. The van der Waals surface area contributed by atoms with Gasteiger partial charge in [0.15, 0.2) is 0 Å². The Kier molecular flexibility index (Phi) is 5.22. The molecule has 1 aromatic rings. The van der Waals surface area contributed by atoms with E-state index in [2.05, 4.69) is 5.32 Å². The van der Waals surface area contributed by atoms with E-state index in [9.17, 15) is 18.0 Å². The SMILES string of the molecule is CNCc1ccc(OCC(C)(C)C(=O)O)c(C(F)(F)F)c1. The number of rotatable bonds is 6. The summed E-state index contributed by atoms with van der Waals surface area (Å²) >= 11 is 0. The zero-order valence-corrected chi connectivity index (χ0v) is 12.0. The summed E-state index contributed by atoms with van der Waals surface area (Å²) in [5.41, 5.74) is -1.71. The molecule has 0 saturated heterocycles. The molecule has 7 heteroatoms. The zero-order valence-electron chi connectivity index (χ0n) is 12.0. The van der Waals surface area contributed by atoms with Crippen molar-refractivity contribution in [1.82, 2.24) is 5.32 Å². The van der Waals surface area contributed by atoms with E-state index in [0.29, 0.717) is 12.1 Å². The molecule has 0 fully saturated rings. The maximum absolute atomic E-state index is 13.0. The van der Waals surface area contributed by atoms with Gasteiger partial charge in [-0.15, -0.1) is 0 Å². The number of carboxylic acid groups (broad SMARTS) is 1. The van der Waals surface area contributed by atoms with E-state index in [4.69, 9.17) is 9.84 Å². The van der Waals surface area contributed by atoms with Gasteiger partial charge in [-0.1, -0.05) is 6.07 Å². The average molecular weight is 305 g/mol. The summed E-state index contributed by atoms with van der Waals surface area (Å²) in [5, 5.41) is 11.7. The minimum atomic E-state index is -4.56. The van der Waals surface area contributed by atoms with Crippen LogP contribution in [-0.4, -0.2) is 24.7 Å². The first kappa shape index (κ1) is 17.3. The van der Waals surface area contributed by atoms with Crippen molar-refractivity contribution in [3.63, 3.8) is 0 Å². The van der Waals surface area contributed by atoms with Crippen LogP contribution in [-0.2, 0) is 17.5 Å². The molecular weight excluding hydrogens is 287 g/mol. The molecule has 118 valence electrons. The van der Waals surface area contributed by atoms with Crippen LogP contribution >= 0.6 is 0 Å². The van der Waals surface area contributed by atoms with Gasteiger partial charge in [0.05, 0.1) is 11.0 Å². The summed E-state index contributed by atoms with van der Waals surface area (Å²) in [4.78, 5) is 11.0. The molecule has 2 N–H and O–H groups in total. The summed E-state index contributed by atoms with van der Waals surface area (Å²) < 4.78 is 44.2. The van der Waals surface area contributed by atoms with Gasteiger partial charge < -0.3 is 15.2 Å². The maximum atomic E-state index is 13.0. The molecule has 0 bridgehead atoms. The molecule has 0 unspecified atom stereocenters. The van der Waals surface area contributed by atoms with Crippen LogP contribution < -0.4 is 10.1 Å². The van der Waals surface area contributed by atoms with E-state index in [-0.39, 0.29) is 12.4 Å². The van der Waals surface area contributed by atoms with E-state index in [1.165, 1.54) is 26.0 Å². The highest BCUT2D eigenvalue weighted by Crippen LogP contribution is 2.37. The lowest BCUT2D eigenvalue weighted by atomic mass is 9.95. The molecule has 0 amide bonds. The van der Waals surface area contributed by atoms with E-state index in [1.807, 2.05) is 0 Å². The highest BCUT2D eigenvalue weighted by molar-refractivity contribution is 5.73. The van der Waals surface area contributed by atoms with Crippen LogP contribution in [0, 0.1) is 5.41 Å². The van der Waals surface area contributed by atoms with Crippen LogP contribution in [0.1, 0.15) is 25.0 Å². The van der Waals surface area contributed by atoms with Crippen molar-refractivity contribution in [2.45, 2.75) is 26.6 Å². The van der Waals surface area contributed by atoms with Gasteiger partial charge in [0.1, 0.15) is 12.4 Å². The van der Waals surface area contributed by atoms with Crippen LogP contribution in [0.5, 0.6) is 5.75 Å². The predicted octanol–water partition coefficient (Wildman–Crippen LogP) is 2.91. The third-order valence-electron chi connectivity index (χ3n) is 2.90. The van der Waals surface area contributed by atoms with Gasteiger partial charge in [0.2, 0.25) is 0 Å². The number of carboxylic acids is 1. The number of ether oxygens (including phenoxy) is 1. The normalized spacial score (nSPS) is 12.3. The monoisotopic (exact) mass is 305 g/mol. The number of benzene rings is 1. The first-order chi connectivity index (χ1) is 9.58. The molecule has 0 aliphatic rings. The molecule has 0 aliphatic carbocycles. The number of halogens is 3. The Morgan fingerprint density at radius 1 is 1.33 bits per heavy atom. The molecule has 4 nitrogen and oxygen atoms in total. The van der Waals surface area contributed by atoms with Crippen molar-refractivity contribution in [2.24, 2.45) is 5.41 Å². The van der Waals surface area contributed by atoms with Gasteiger partial charge in [-0.05, 0) is 38.6 Å². The Morgan fingerprint density at radius 2 is 1.95 bits per heavy atom. The predicted molar refractivity (Wildman–Crippen MR) is 71.1 cm³/mol. The third-order valence-corrected chi connectivity index (χ3v) is 2.90. The fourth-order valence-electron chi connectivity index (χ4n) is 1.56. The molecule has 0 saturated carbocycles. The van der Waals surface area contributed by atoms with Gasteiger partial charge in [0.25, 0.3) is 0 Å². The minimum absolute atomic E-state index is 0.296. The fourth-order valence-corrected chi connectivity index (χ4v) is 1.56. The van der Waals surface area contributed by atoms with Crippen LogP contribution in [0.4, 0.5) is 13.2 Å². The first-order valence-corrected chi connectivity index (χ1v) is 6.29. The second-order valence-corrected chi connectivity index (χ2v) is 5.34. The summed E-state index contributed by atoms with van der Waals surface area (Å²) in [6, 6.07) is 3.72. The van der Waals surface area contributed by atoms with E-state index in [1.54, 1.807) is 7.05 Å². The Hall–Kier alpha value is -1.76. The Morgan fingerprint density at radius 3 is 2.43 bits per heavy atom. The molecule has 21 heavy (non-hydrogen) atoms. The Bertz CT molecular complexity index is 513. The summed E-state index contributed by atoms with van der Waals surface area (Å²) in [5.74, 6) is -1.50. The highest BCUT2D eigenvalue weighted by Gasteiger charge is 2.36. The van der Waals surface area contributed by atoms with Gasteiger partial charge in [-0.2, -0.15) is 13.2 Å². The summed E-state index contributed by atoms with van der Waals surface area (Å²) in [6.07, 6.45) is -4.56. The number of alkyl halides is 3. The van der Waals surface area contributed by atoms with Crippen LogP contribution in [0.2, 0.25) is 0 Å². The van der Waals surface area contributed by atoms with E-state index in [0.717, 1.165) is 6.07 Å². The van der Waals surface area contributed by atoms with E-state index < -0.39 is 23.1 Å². The fraction of sp³-hybridized carbons (Fsp3) is 0.500. The standard InChI is InChI=1S/C14H18F3NO3/c1-13(2,12(19)20)8-21-11-5-4-9(7-18-3)6-10(11)14(15,16)17/h4-6,18H,7-8H2,1-3H3,(H,19,20). The second kappa shape index (κ2) is 6.34. The van der Waals surface area contributed by atoms with E-state index >= 15 is 0 Å². The summed E-state index contributed by atoms with van der Waals surface area (Å²) in [6.45, 7) is 2.72. The van der Waals surface area contributed by atoms with Gasteiger partial charge in [-0.25, -0.2) is 0 Å². The smallest absolute Gasteiger partial charge is 0.419 e. The largest absolute Gasteiger partial charge is 0.492 e. The third kappa shape index (κ3) is 4.63. The average Bonchev–Trinajstić information content (AvgIpc) is 2.36. The van der Waals surface area contributed by atoms with Gasteiger partial charge in [-0.3, -0.25) is 4.79 Å². The van der Waals surface area contributed by atoms with Crippen molar-refractivity contribution in [3.05, 3.63) is 29.3 Å². The number of aliphatic carboxylic acids is 1. The molecule has 1 aromatic carbocycles. The molecule has 0 heterocycles. The Balaban J connectivity index is 3.04. The number of hydrogen-bond donors (Lipinski definition) is 2. The molecule has 0 spiro atoms. The molecule has 1 rings (SSSR count). The van der Waals surface area contributed by atoms with Crippen LogP contribution in [0.25, 0.3) is 0 Å². The maximum Gasteiger partial charge on any atom is 0.419 e. The zero-order chi connectivity index (χ0) is 16.3. The topological polar surface area (TPSA) is 58.6 Å². The van der Waals surface area contributed by atoms with Gasteiger partial charge >= 0.3 is 12.1 Å². The lowest BCUT2D eigenvalue weighted by Crippen LogP contribution is -2.31. The number of hydrogen-bond acceptors (Lipinski definition) is 3. The van der Waals surface area contributed by atoms with Crippen molar-refractivity contribution in [3.8, 4) is 5.75 Å². The lowest BCUT2D eigenvalue weighted by Gasteiger charge is -2.21. The highest BCUT2D eigenvalue weighted by atomic mass is 19.4. The molecule has 0 radical (unpaired) electrons. The first-order valence-electron chi connectivity index (χ1n) is 6.29. The Labute approximate surface area is 120 Å². The molecule has 0 aromatic heterocycles. The lowest BCUT2D eigenvalue weighted by molar-refractivity contribution is -0.148.